The van der Waals surface area contributed by atoms with Crippen molar-refractivity contribution in [2.24, 2.45) is 5.92 Å². The van der Waals surface area contributed by atoms with Gasteiger partial charge in [-0.2, -0.15) is 0 Å². The van der Waals surface area contributed by atoms with Crippen LogP contribution in [0.15, 0.2) is 59.1 Å². The molecule has 0 aliphatic rings. The minimum atomic E-state index is -0.0672. The number of rotatable bonds is 5. The van der Waals surface area contributed by atoms with Gasteiger partial charge in [0.1, 0.15) is 0 Å². The van der Waals surface area contributed by atoms with Crippen molar-refractivity contribution in [3.8, 4) is 0 Å². The van der Waals surface area contributed by atoms with E-state index in [2.05, 4.69) is 29.8 Å². The van der Waals surface area contributed by atoms with Crippen molar-refractivity contribution in [1.82, 2.24) is 0 Å². The van der Waals surface area contributed by atoms with Gasteiger partial charge in [-0.05, 0) is 23.6 Å². The maximum atomic E-state index is 12.8. The number of carbonyl (C=O) groups excluding carboxylic acids is 1. The van der Waals surface area contributed by atoms with Gasteiger partial charge in [-0.25, -0.2) is 0 Å². The molecule has 0 fully saturated rings. The fraction of sp³-hybridized carbons (Fsp3) is 0.278. The summed E-state index contributed by atoms with van der Waals surface area (Å²) in [5.74, 6) is 0.467. The van der Waals surface area contributed by atoms with Crippen molar-refractivity contribution in [3.05, 3.63) is 70.2 Å². The van der Waals surface area contributed by atoms with Gasteiger partial charge in [0.2, 0.25) is 0 Å². The summed E-state index contributed by atoms with van der Waals surface area (Å²) >= 11 is 3.41. The Morgan fingerprint density at radius 3 is 2.20 bits per heavy atom. The Morgan fingerprint density at radius 2 is 1.65 bits per heavy atom. The lowest BCUT2D eigenvalue weighted by molar-refractivity contribution is 0.0932. The van der Waals surface area contributed by atoms with Crippen molar-refractivity contribution < 1.29 is 4.79 Å². The number of carbonyl (C=O) groups is 1. The highest BCUT2D eigenvalue weighted by atomic mass is 79.9. The summed E-state index contributed by atoms with van der Waals surface area (Å²) in [5, 5.41) is 0. The van der Waals surface area contributed by atoms with Crippen molar-refractivity contribution >= 4 is 21.7 Å². The zero-order valence-electron chi connectivity index (χ0n) is 11.8. The van der Waals surface area contributed by atoms with Crippen LogP contribution in [0.2, 0.25) is 0 Å². The zero-order valence-corrected chi connectivity index (χ0v) is 13.4. The van der Waals surface area contributed by atoms with E-state index in [0.29, 0.717) is 5.92 Å². The Bertz CT molecular complexity index is 560. The Labute approximate surface area is 129 Å². The monoisotopic (exact) mass is 330 g/mol. The molecular formula is C18H19BrO. The van der Waals surface area contributed by atoms with Crippen LogP contribution in [0.3, 0.4) is 0 Å². The maximum Gasteiger partial charge on any atom is 0.170 e. The lowest BCUT2D eigenvalue weighted by Gasteiger charge is -2.22. The molecule has 0 spiro atoms. The standard InChI is InChI=1S/C18H19BrO/c1-3-13(2)17(14-7-5-4-6-8-14)18(20)15-9-11-16(19)12-10-15/h4-13,17H,3H2,1-2H3. The van der Waals surface area contributed by atoms with E-state index < -0.39 is 0 Å². The molecule has 0 radical (unpaired) electrons. The molecule has 0 saturated heterocycles. The molecule has 0 amide bonds. The molecule has 2 unspecified atom stereocenters. The largest absolute Gasteiger partial charge is 0.293 e. The van der Waals surface area contributed by atoms with Gasteiger partial charge in [-0.1, -0.05) is 78.7 Å². The van der Waals surface area contributed by atoms with Crippen LogP contribution in [-0.2, 0) is 0 Å². The molecule has 0 aromatic heterocycles. The first kappa shape index (κ1) is 15.0. The van der Waals surface area contributed by atoms with Crippen LogP contribution in [-0.4, -0.2) is 5.78 Å². The van der Waals surface area contributed by atoms with E-state index in [1.54, 1.807) is 0 Å². The highest BCUT2D eigenvalue weighted by Gasteiger charge is 2.26. The number of benzene rings is 2. The summed E-state index contributed by atoms with van der Waals surface area (Å²) in [4.78, 5) is 12.8. The maximum absolute atomic E-state index is 12.8. The summed E-state index contributed by atoms with van der Waals surface area (Å²) < 4.78 is 0.994. The first-order valence-electron chi connectivity index (χ1n) is 6.98. The molecule has 2 rings (SSSR count). The predicted molar refractivity (Wildman–Crippen MR) is 87.1 cm³/mol. The van der Waals surface area contributed by atoms with Crippen LogP contribution >= 0.6 is 15.9 Å². The van der Waals surface area contributed by atoms with Gasteiger partial charge in [0.05, 0.1) is 0 Å². The third-order valence-corrected chi connectivity index (χ3v) is 4.31. The van der Waals surface area contributed by atoms with Crippen molar-refractivity contribution in [2.45, 2.75) is 26.2 Å². The summed E-state index contributed by atoms with van der Waals surface area (Å²) in [6.07, 6.45) is 0.988. The fourth-order valence-electron chi connectivity index (χ4n) is 2.43. The minimum Gasteiger partial charge on any atom is -0.293 e. The molecule has 0 aliphatic carbocycles. The number of halogens is 1. The van der Waals surface area contributed by atoms with E-state index in [1.165, 1.54) is 0 Å². The van der Waals surface area contributed by atoms with Gasteiger partial charge < -0.3 is 0 Å². The molecule has 1 nitrogen and oxygen atoms in total. The van der Waals surface area contributed by atoms with Gasteiger partial charge in [-0.3, -0.25) is 4.79 Å². The first-order valence-corrected chi connectivity index (χ1v) is 7.77. The highest BCUT2D eigenvalue weighted by molar-refractivity contribution is 9.10. The van der Waals surface area contributed by atoms with Crippen molar-refractivity contribution in [2.75, 3.05) is 0 Å². The second kappa shape index (κ2) is 6.85. The van der Waals surface area contributed by atoms with Crippen LogP contribution in [0.25, 0.3) is 0 Å². The van der Waals surface area contributed by atoms with Crippen LogP contribution in [0.1, 0.15) is 42.1 Å². The fourth-order valence-corrected chi connectivity index (χ4v) is 2.69. The molecular weight excluding hydrogens is 312 g/mol. The number of hydrogen-bond acceptors (Lipinski definition) is 1. The molecule has 0 aliphatic heterocycles. The van der Waals surface area contributed by atoms with E-state index in [0.717, 1.165) is 22.0 Å². The van der Waals surface area contributed by atoms with Crippen LogP contribution < -0.4 is 0 Å². The molecule has 2 heteroatoms. The van der Waals surface area contributed by atoms with Gasteiger partial charge in [-0.15, -0.1) is 0 Å². The van der Waals surface area contributed by atoms with Crippen LogP contribution in [0.4, 0.5) is 0 Å². The number of Topliss-reactive ketones (excluding diaryl/α,β-unsaturated/α-hetero) is 1. The number of ketones is 1. The van der Waals surface area contributed by atoms with E-state index in [9.17, 15) is 4.79 Å². The third-order valence-electron chi connectivity index (χ3n) is 3.78. The zero-order chi connectivity index (χ0) is 14.5. The summed E-state index contributed by atoms with van der Waals surface area (Å²) in [6.45, 7) is 4.28. The summed E-state index contributed by atoms with van der Waals surface area (Å²) in [6, 6.07) is 17.7. The Morgan fingerprint density at radius 1 is 1.05 bits per heavy atom. The molecule has 0 heterocycles. The van der Waals surface area contributed by atoms with Crippen molar-refractivity contribution in [1.29, 1.82) is 0 Å². The van der Waals surface area contributed by atoms with Gasteiger partial charge in [0.15, 0.2) is 5.78 Å². The topological polar surface area (TPSA) is 17.1 Å². The first-order chi connectivity index (χ1) is 9.63. The van der Waals surface area contributed by atoms with E-state index in [1.807, 2.05) is 54.6 Å². The molecule has 2 aromatic rings. The molecule has 20 heavy (non-hydrogen) atoms. The Kier molecular flexibility index (Phi) is 5.13. The smallest absolute Gasteiger partial charge is 0.170 e. The predicted octanol–water partition coefficient (Wildman–Crippen LogP) is 5.46. The quantitative estimate of drug-likeness (QED) is 0.665. The average molecular weight is 331 g/mol. The van der Waals surface area contributed by atoms with Crippen LogP contribution in [0, 0.1) is 5.92 Å². The highest BCUT2D eigenvalue weighted by Crippen LogP contribution is 2.30. The molecule has 0 bridgehead atoms. The average Bonchev–Trinajstić information content (AvgIpc) is 2.49. The van der Waals surface area contributed by atoms with E-state index in [-0.39, 0.29) is 11.7 Å². The molecule has 104 valence electrons. The summed E-state index contributed by atoms with van der Waals surface area (Å²) in [5.41, 5.74) is 1.89. The molecule has 2 aromatic carbocycles. The van der Waals surface area contributed by atoms with Gasteiger partial charge in [0.25, 0.3) is 0 Å². The second-order valence-corrected chi connectivity index (χ2v) is 6.06. The molecule has 0 N–H and O–H groups in total. The second-order valence-electron chi connectivity index (χ2n) is 5.15. The van der Waals surface area contributed by atoms with Gasteiger partial charge in [0, 0.05) is 16.0 Å². The lowest BCUT2D eigenvalue weighted by Crippen LogP contribution is -2.20. The van der Waals surface area contributed by atoms with E-state index >= 15 is 0 Å². The lowest BCUT2D eigenvalue weighted by atomic mass is 9.80. The Hall–Kier alpha value is -1.41. The number of hydrogen-bond donors (Lipinski definition) is 0. The molecule has 2 atom stereocenters. The van der Waals surface area contributed by atoms with Gasteiger partial charge >= 0.3 is 0 Å². The Balaban J connectivity index is 2.36. The molecule has 0 saturated carbocycles. The third kappa shape index (κ3) is 3.37. The normalized spacial score (nSPS) is 13.8. The minimum absolute atomic E-state index is 0.0672. The van der Waals surface area contributed by atoms with E-state index in [4.69, 9.17) is 0 Å². The van der Waals surface area contributed by atoms with Crippen LogP contribution in [0.5, 0.6) is 0 Å². The summed E-state index contributed by atoms with van der Waals surface area (Å²) in [7, 11) is 0. The SMILES string of the molecule is CCC(C)C(C(=O)c1ccc(Br)cc1)c1ccccc1. The van der Waals surface area contributed by atoms with Crippen molar-refractivity contribution in [3.63, 3.8) is 0 Å².